The molecule has 1 N–H and O–H groups in total. The predicted molar refractivity (Wildman–Crippen MR) is 135 cm³/mol. The second-order valence-electron chi connectivity index (χ2n) is 10.1. The van der Waals surface area contributed by atoms with Crippen LogP contribution < -0.4 is 0 Å². The lowest BCUT2D eigenvalue weighted by atomic mass is 9.84. The highest BCUT2D eigenvalue weighted by Gasteiger charge is 2.29. The molecule has 35 heavy (non-hydrogen) atoms. The zero-order valence-electron chi connectivity index (χ0n) is 20.4. The average molecular weight is 474 g/mol. The Bertz CT molecular complexity index is 1240. The third kappa shape index (κ3) is 4.87. The molecular formula is C30H32FNO3. The molecule has 1 aromatic heterocycles. The molecule has 0 bridgehead atoms. The molecule has 3 aromatic rings. The number of rotatable bonds is 5. The number of carbonyl (C=O) groups excluding carboxylic acids is 1. The molecule has 4 nitrogen and oxygen atoms in total. The lowest BCUT2D eigenvalue weighted by Crippen LogP contribution is -2.33. The van der Waals surface area contributed by atoms with Crippen LogP contribution in [0.5, 0.6) is 0 Å². The number of fused-ring (bicyclic) bond motifs is 3. The van der Waals surface area contributed by atoms with E-state index in [4.69, 9.17) is 9.72 Å². The molecular weight excluding hydrogens is 441 g/mol. The molecule has 2 aromatic carbocycles. The van der Waals surface area contributed by atoms with Gasteiger partial charge in [-0.2, -0.15) is 0 Å². The van der Waals surface area contributed by atoms with E-state index in [1.54, 1.807) is 0 Å². The summed E-state index contributed by atoms with van der Waals surface area (Å²) in [5.74, 6) is -0.411. The van der Waals surface area contributed by atoms with Crippen LogP contribution in [0.4, 0.5) is 4.39 Å². The standard InChI is InChI=1S/C30H32FNO3/c1-18(2)29-26(15-14-23-16-22(33)17-27(34)35-23)28(20-10-12-21(31)13-11-20)25-9-5-7-19-6-3-4-8-24(19)30(25)32-29/h3-4,6,8,10-13,18,22-23,33H,5,7,9,14-17H2,1-2H3/t22-,23-/m1/s1. The number of aliphatic hydroxyl groups is 1. The third-order valence-electron chi connectivity index (χ3n) is 7.21. The summed E-state index contributed by atoms with van der Waals surface area (Å²) in [6.45, 7) is 4.30. The summed E-state index contributed by atoms with van der Waals surface area (Å²) in [6.07, 6.45) is 3.77. The first-order valence-corrected chi connectivity index (χ1v) is 12.7. The van der Waals surface area contributed by atoms with Crippen LogP contribution in [0, 0.1) is 5.82 Å². The fourth-order valence-electron chi connectivity index (χ4n) is 5.61. The number of benzene rings is 2. The first kappa shape index (κ1) is 23.7. The molecule has 0 spiro atoms. The zero-order chi connectivity index (χ0) is 24.5. The minimum absolute atomic E-state index is 0.0639. The smallest absolute Gasteiger partial charge is 0.308 e. The molecule has 1 saturated heterocycles. The highest BCUT2D eigenvalue weighted by atomic mass is 19.1. The van der Waals surface area contributed by atoms with Gasteiger partial charge in [0.15, 0.2) is 0 Å². The van der Waals surface area contributed by atoms with Gasteiger partial charge in [-0.25, -0.2) is 4.39 Å². The maximum atomic E-state index is 13.9. The number of cyclic esters (lactones) is 1. The molecule has 2 aliphatic rings. The van der Waals surface area contributed by atoms with Crippen LogP contribution in [0.15, 0.2) is 48.5 Å². The van der Waals surface area contributed by atoms with E-state index >= 15 is 0 Å². The van der Waals surface area contributed by atoms with E-state index in [1.807, 2.05) is 12.1 Å². The van der Waals surface area contributed by atoms with Crippen molar-refractivity contribution < 1.29 is 19.0 Å². The Morgan fingerprint density at radius 3 is 2.63 bits per heavy atom. The number of ether oxygens (including phenoxy) is 1. The number of hydrogen-bond acceptors (Lipinski definition) is 4. The topological polar surface area (TPSA) is 59.4 Å². The van der Waals surface area contributed by atoms with Crippen LogP contribution >= 0.6 is 0 Å². The van der Waals surface area contributed by atoms with E-state index in [2.05, 4.69) is 38.1 Å². The van der Waals surface area contributed by atoms with Gasteiger partial charge in [0.1, 0.15) is 11.9 Å². The molecule has 1 aliphatic carbocycles. The number of pyridine rings is 1. The molecule has 0 saturated carbocycles. The molecule has 2 atom stereocenters. The van der Waals surface area contributed by atoms with Gasteiger partial charge in [-0.15, -0.1) is 0 Å². The second-order valence-corrected chi connectivity index (χ2v) is 10.1. The lowest BCUT2D eigenvalue weighted by Gasteiger charge is -2.28. The van der Waals surface area contributed by atoms with Gasteiger partial charge in [0.05, 0.1) is 18.2 Å². The zero-order valence-corrected chi connectivity index (χ0v) is 20.4. The first-order chi connectivity index (χ1) is 16.9. The molecule has 1 fully saturated rings. The number of nitrogens with zero attached hydrogens (tertiary/aromatic N) is 1. The van der Waals surface area contributed by atoms with Crippen molar-refractivity contribution >= 4 is 5.97 Å². The van der Waals surface area contributed by atoms with Crippen molar-refractivity contribution in [3.8, 4) is 22.4 Å². The molecule has 0 unspecified atom stereocenters. The van der Waals surface area contributed by atoms with Gasteiger partial charge in [0.2, 0.25) is 0 Å². The normalized spacial score (nSPS) is 19.6. The number of aryl methyl sites for hydroxylation is 1. The maximum absolute atomic E-state index is 13.9. The van der Waals surface area contributed by atoms with Gasteiger partial charge in [-0.3, -0.25) is 9.78 Å². The molecule has 0 amide bonds. The Balaban J connectivity index is 1.67. The summed E-state index contributed by atoms with van der Waals surface area (Å²) in [7, 11) is 0. The summed E-state index contributed by atoms with van der Waals surface area (Å²) >= 11 is 0. The van der Waals surface area contributed by atoms with Crippen molar-refractivity contribution in [1.29, 1.82) is 0 Å². The van der Waals surface area contributed by atoms with E-state index in [9.17, 15) is 14.3 Å². The summed E-state index contributed by atoms with van der Waals surface area (Å²) in [5, 5.41) is 10.1. The number of hydrogen-bond donors (Lipinski definition) is 1. The Kier molecular flexibility index (Phi) is 6.70. The number of halogens is 1. The quantitative estimate of drug-likeness (QED) is 0.451. The van der Waals surface area contributed by atoms with Crippen LogP contribution in [-0.2, 0) is 28.8 Å². The molecule has 5 heteroatoms. The molecule has 5 rings (SSSR count). The SMILES string of the molecule is CC(C)c1nc2c(c(-c3ccc(F)cc3)c1CC[C@@H]1C[C@@H](O)CC(=O)O1)CCCc1ccccc1-2. The minimum atomic E-state index is -0.649. The second kappa shape index (κ2) is 9.90. The van der Waals surface area contributed by atoms with Crippen LogP contribution in [0.3, 0.4) is 0 Å². The average Bonchev–Trinajstić information content (AvgIpc) is 3.01. The van der Waals surface area contributed by atoms with Crippen molar-refractivity contribution in [2.24, 2.45) is 0 Å². The third-order valence-corrected chi connectivity index (χ3v) is 7.21. The van der Waals surface area contributed by atoms with Gasteiger partial charge in [-0.1, -0.05) is 50.2 Å². The van der Waals surface area contributed by atoms with Gasteiger partial charge < -0.3 is 9.84 Å². The predicted octanol–water partition coefficient (Wildman–Crippen LogP) is 6.17. The number of esters is 1. The number of aromatic nitrogens is 1. The molecule has 1 aliphatic heterocycles. The molecule has 0 radical (unpaired) electrons. The fourth-order valence-corrected chi connectivity index (χ4v) is 5.61. The maximum Gasteiger partial charge on any atom is 0.308 e. The highest BCUT2D eigenvalue weighted by molar-refractivity contribution is 5.81. The first-order valence-electron chi connectivity index (χ1n) is 12.7. The van der Waals surface area contributed by atoms with Crippen molar-refractivity contribution in [2.45, 2.75) is 76.9 Å². The van der Waals surface area contributed by atoms with Crippen LogP contribution in [0.25, 0.3) is 22.4 Å². The number of carbonyl (C=O) groups is 1. The van der Waals surface area contributed by atoms with Gasteiger partial charge in [0.25, 0.3) is 0 Å². The fraction of sp³-hybridized carbons (Fsp3) is 0.400. The van der Waals surface area contributed by atoms with E-state index in [1.165, 1.54) is 28.8 Å². The van der Waals surface area contributed by atoms with E-state index in [-0.39, 0.29) is 30.2 Å². The summed E-state index contributed by atoms with van der Waals surface area (Å²) in [5.41, 5.74) is 9.03. The molecule has 2 heterocycles. The van der Waals surface area contributed by atoms with E-state index in [0.717, 1.165) is 47.3 Å². The monoisotopic (exact) mass is 473 g/mol. The lowest BCUT2D eigenvalue weighted by molar-refractivity contribution is -0.160. The van der Waals surface area contributed by atoms with Gasteiger partial charge >= 0.3 is 5.97 Å². The van der Waals surface area contributed by atoms with E-state index < -0.39 is 6.10 Å². The van der Waals surface area contributed by atoms with Crippen LogP contribution in [0.2, 0.25) is 0 Å². The van der Waals surface area contributed by atoms with Gasteiger partial charge in [0, 0.05) is 17.7 Å². The van der Waals surface area contributed by atoms with Crippen LogP contribution in [-0.4, -0.2) is 28.3 Å². The summed E-state index contributed by atoms with van der Waals surface area (Å²) < 4.78 is 19.4. The van der Waals surface area contributed by atoms with Crippen molar-refractivity contribution in [3.05, 3.63) is 76.7 Å². The Hall–Kier alpha value is -3.05. The largest absolute Gasteiger partial charge is 0.462 e. The molecule has 182 valence electrons. The Morgan fingerprint density at radius 1 is 1.11 bits per heavy atom. The van der Waals surface area contributed by atoms with Gasteiger partial charge in [-0.05, 0) is 78.0 Å². The number of aliphatic hydroxyl groups excluding tert-OH is 1. The summed E-state index contributed by atoms with van der Waals surface area (Å²) in [6, 6.07) is 15.3. The minimum Gasteiger partial charge on any atom is -0.462 e. The Labute approximate surface area is 206 Å². The highest BCUT2D eigenvalue weighted by Crippen LogP contribution is 2.42. The Morgan fingerprint density at radius 2 is 1.89 bits per heavy atom. The van der Waals surface area contributed by atoms with Crippen LogP contribution in [0.1, 0.15) is 67.8 Å². The van der Waals surface area contributed by atoms with E-state index in [0.29, 0.717) is 19.3 Å². The van der Waals surface area contributed by atoms with Crippen molar-refractivity contribution in [2.75, 3.05) is 0 Å². The summed E-state index contributed by atoms with van der Waals surface area (Å²) in [4.78, 5) is 17.2. The van der Waals surface area contributed by atoms with Crippen molar-refractivity contribution in [3.63, 3.8) is 0 Å². The van der Waals surface area contributed by atoms with Crippen molar-refractivity contribution in [1.82, 2.24) is 4.98 Å².